The van der Waals surface area contributed by atoms with Crippen LogP contribution in [-0.2, 0) is 38.0 Å². The van der Waals surface area contributed by atoms with Crippen molar-refractivity contribution in [3.63, 3.8) is 0 Å². The summed E-state index contributed by atoms with van der Waals surface area (Å²) in [5.74, 6) is -6.51. The SMILES string of the molecule is CCC(C(=O)[O-])C1CCC(C)C(C(C)C(O)C(C)C(=O)C(CC)C2OC3(C=CC(O)C4(CCC(C)(C5CCC(O)(CC)C(C)O5)O4)O3)C(C)CC2C)O1.CCCCOC(=O)c1ccc(N)cc1.[Na+]. The second-order valence-electron chi connectivity index (χ2n) is 21.0. The molecule has 15 heteroatoms. The number of carboxylic acid groups (broad SMARTS) is 1. The van der Waals surface area contributed by atoms with Gasteiger partial charge < -0.3 is 59.4 Å². The zero-order valence-corrected chi connectivity index (χ0v) is 45.2. The van der Waals surface area contributed by atoms with Crippen molar-refractivity contribution in [3.05, 3.63) is 42.0 Å². The van der Waals surface area contributed by atoms with Crippen LogP contribution in [0.25, 0.3) is 0 Å². The van der Waals surface area contributed by atoms with Gasteiger partial charge in [-0.15, -0.1) is 0 Å². The molecule has 0 bridgehead atoms. The van der Waals surface area contributed by atoms with Gasteiger partial charge in [0.2, 0.25) is 5.79 Å². The molecule has 5 aliphatic rings. The molecule has 5 N–H and O–H groups in total. The minimum absolute atomic E-state index is 0. The maximum Gasteiger partial charge on any atom is 1.00 e. The van der Waals surface area contributed by atoms with Crippen LogP contribution < -0.4 is 40.4 Å². The van der Waals surface area contributed by atoms with Gasteiger partial charge in [0.05, 0.1) is 60.0 Å². The van der Waals surface area contributed by atoms with Gasteiger partial charge in [-0.1, -0.05) is 68.7 Å². The second-order valence-corrected chi connectivity index (χ2v) is 21.0. The van der Waals surface area contributed by atoms with Crippen molar-refractivity contribution < 1.29 is 92.8 Å². The molecule has 4 fully saturated rings. The molecule has 18 unspecified atom stereocenters. The summed E-state index contributed by atoms with van der Waals surface area (Å²) in [6, 6.07) is 6.72. The van der Waals surface area contributed by atoms with Crippen LogP contribution in [-0.4, -0.2) is 105 Å². The van der Waals surface area contributed by atoms with Crippen LogP contribution in [0.4, 0.5) is 5.69 Å². The summed E-state index contributed by atoms with van der Waals surface area (Å²) in [7, 11) is 0. The number of esters is 1. The van der Waals surface area contributed by atoms with Gasteiger partial charge in [-0.05, 0) is 126 Å². The number of hydrogen-bond donors (Lipinski definition) is 4. The molecular formula is C53H84NNaO13. The van der Waals surface area contributed by atoms with Crippen molar-refractivity contribution in [1.29, 1.82) is 0 Å². The Kier molecular flexibility index (Phi) is 21.2. The Morgan fingerprint density at radius 3 is 2.15 bits per heavy atom. The standard InChI is InChI=1S/C42H70O11.C11H15NO2.Na/c1-11-29(38(46)47)31-15-14-23(4)36(50-31)27(8)34(44)26(7)35(45)30(12-2)37-24(5)22-25(6)41(51-37)19-16-32(43)42(53-41)21-20-39(10,52-42)33-17-18-40(48,13-3)28(9)49-33;1-2-3-8-14-11(13)9-4-6-10(12)7-5-9;/h16,19,23-34,36-37,43-44,48H,11-15,17-18,20-22H2,1-10H3,(H,46,47);4-7H,2-3,8,12H2,1H3;/q;;+1/p-1. The predicted octanol–water partition coefficient (Wildman–Crippen LogP) is 4.08. The molecule has 380 valence electrons. The molecule has 5 aliphatic heterocycles. The minimum Gasteiger partial charge on any atom is -0.550 e. The molecule has 1 aromatic carbocycles. The Balaban J connectivity index is 0.000000576. The Morgan fingerprint density at radius 2 is 1.56 bits per heavy atom. The number of nitrogen functional groups attached to an aromatic ring is 1. The Bertz CT molecular complexity index is 1830. The molecule has 0 aliphatic carbocycles. The van der Waals surface area contributed by atoms with E-state index in [0.717, 1.165) is 19.3 Å². The zero-order valence-electron chi connectivity index (χ0n) is 43.2. The number of unbranched alkanes of at least 4 members (excludes halogenated alkanes) is 1. The number of rotatable bonds is 16. The molecule has 5 heterocycles. The van der Waals surface area contributed by atoms with E-state index < -0.39 is 82.9 Å². The summed E-state index contributed by atoms with van der Waals surface area (Å²) >= 11 is 0. The molecule has 0 saturated carbocycles. The van der Waals surface area contributed by atoms with E-state index in [1.807, 2.05) is 41.5 Å². The van der Waals surface area contributed by atoms with Crippen molar-refractivity contribution in [2.24, 2.45) is 41.4 Å². The van der Waals surface area contributed by atoms with E-state index in [0.29, 0.717) is 75.6 Å². The second kappa shape index (κ2) is 24.6. The summed E-state index contributed by atoms with van der Waals surface area (Å²) in [4.78, 5) is 37.6. The zero-order chi connectivity index (χ0) is 49.6. The number of carbonyl (C=O) groups excluding carboxylic acids is 3. The molecule has 68 heavy (non-hydrogen) atoms. The molecular weight excluding hydrogens is 882 g/mol. The number of ether oxygens (including phenoxy) is 6. The first-order chi connectivity index (χ1) is 31.5. The normalized spacial score (nSPS) is 38.0. The average molecular weight is 966 g/mol. The van der Waals surface area contributed by atoms with Gasteiger partial charge >= 0.3 is 35.5 Å². The van der Waals surface area contributed by atoms with E-state index >= 15 is 0 Å². The van der Waals surface area contributed by atoms with Gasteiger partial charge in [-0.3, -0.25) is 4.79 Å². The van der Waals surface area contributed by atoms with E-state index in [9.17, 15) is 34.8 Å². The number of anilines is 1. The van der Waals surface area contributed by atoms with E-state index in [1.54, 1.807) is 43.3 Å². The van der Waals surface area contributed by atoms with E-state index in [1.165, 1.54) is 0 Å². The maximum atomic E-state index is 14.4. The fourth-order valence-electron chi connectivity index (χ4n) is 11.5. The van der Waals surface area contributed by atoms with Crippen LogP contribution in [0.15, 0.2) is 36.4 Å². The van der Waals surface area contributed by atoms with Crippen LogP contribution >= 0.6 is 0 Å². The summed E-state index contributed by atoms with van der Waals surface area (Å²) in [6.07, 6.45) is 7.15. The topological polar surface area (TPSA) is 216 Å². The molecule has 0 amide bonds. The van der Waals surface area contributed by atoms with Crippen LogP contribution in [0.5, 0.6) is 0 Å². The number of carbonyl (C=O) groups is 3. The first-order valence-electron chi connectivity index (χ1n) is 25.5. The first-order valence-corrected chi connectivity index (χ1v) is 25.5. The first kappa shape index (κ1) is 58.6. The molecule has 4 saturated heterocycles. The van der Waals surface area contributed by atoms with Crippen molar-refractivity contribution in [1.82, 2.24) is 0 Å². The average Bonchev–Trinajstić information content (AvgIpc) is 3.65. The van der Waals surface area contributed by atoms with Crippen molar-refractivity contribution in [2.75, 3.05) is 12.3 Å². The van der Waals surface area contributed by atoms with Crippen molar-refractivity contribution in [2.45, 2.75) is 219 Å². The number of aliphatic carboxylic acids is 1. The van der Waals surface area contributed by atoms with Gasteiger partial charge in [-0.25, -0.2) is 4.79 Å². The number of aliphatic hydroxyl groups excluding tert-OH is 2. The van der Waals surface area contributed by atoms with E-state index in [4.69, 9.17) is 34.2 Å². The third-order valence-electron chi connectivity index (χ3n) is 16.3. The molecule has 18 atom stereocenters. The molecule has 14 nitrogen and oxygen atoms in total. The number of carboxylic acids is 1. The van der Waals surface area contributed by atoms with Crippen LogP contribution in [0.1, 0.15) is 164 Å². The van der Waals surface area contributed by atoms with Gasteiger partial charge in [0, 0.05) is 47.7 Å². The fraction of sp³-hybridized carbons (Fsp3) is 0.792. The third-order valence-corrected chi connectivity index (χ3v) is 16.3. The fourth-order valence-corrected chi connectivity index (χ4v) is 11.5. The van der Waals surface area contributed by atoms with Gasteiger partial charge in [0.15, 0.2) is 5.79 Å². The van der Waals surface area contributed by atoms with Gasteiger partial charge in [0.25, 0.3) is 0 Å². The molecule has 0 aromatic heterocycles. The van der Waals surface area contributed by atoms with Gasteiger partial charge in [-0.2, -0.15) is 0 Å². The Morgan fingerprint density at radius 1 is 0.897 bits per heavy atom. The van der Waals surface area contributed by atoms with E-state index in [2.05, 4.69) is 27.7 Å². The van der Waals surface area contributed by atoms with E-state index in [-0.39, 0.29) is 71.3 Å². The summed E-state index contributed by atoms with van der Waals surface area (Å²) in [5.41, 5.74) is 5.06. The molecule has 6 rings (SSSR count). The summed E-state index contributed by atoms with van der Waals surface area (Å²) in [6.45, 7) is 22.0. The quantitative estimate of drug-likeness (QED) is 0.0604. The number of aliphatic hydroxyl groups is 3. The van der Waals surface area contributed by atoms with Gasteiger partial charge in [0.1, 0.15) is 11.9 Å². The molecule has 0 radical (unpaired) electrons. The van der Waals surface area contributed by atoms with Crippen LogP contribution in [0.3, 0.4) is 0 Å². The monoisotopic (exact) mass is 966 g/mol. The van der Waals surface area contributed by atoms with Crippen molar-refractivity contribution >= 4 is 23.4 Å². The third kappa shape index (κ3) is 12.8. The summed E-state index contributed by atoms with van der Waals surface area (Å²) < 4.78 is 38.5. The predicted molar refractivity (Wildman–Crippen MR) is 252 cm³/mol. The molecule has 2 spiro atoms. The number of benzene rings is 1. The number of Topliss-reactive ketones (excluding diaryl/α,β-unsaturated/α-hetero) is 1. The largest absolute Gasteiger partial charge is 1.00 e. The van der Waals surface area contributed by atoms with Crippen molar-refractivity contribution in [3.8, 4) is 0 Å². The minimum atomic E-state index is -1.37. The van der Waals surface area contributed by atoms with Crippen LogP contribution in [0.2, 0.25) is 0 Å². The number of hydrogen-bond acceptors (Lipinski definition) is 14. The number of nitrogens with two attached hydrogens (primary N) is 1. The van der Waals surface area contributed by atoms with Crippen LogP contribution in [0, 0.1) is 41.4 Å². The summed E-state index contributed by atoms with van der Waals surface area (Å²) in [5, 5.41) is 46.0. The molecule has 1 aromatic rings. The Hall–Kier alpha value is -1.95. The Labute approximate surface area is 428 Å². The smallest absolute Gasteiger partial charge is 0.550 e. The number of ketones is 1. The maximum absolute atomic E-state index is 14.4.